The second-order valence-corrected chi connectivity index (χ2v) is 22.5. The monoisotopic (exact) mass is 933 g/mol. The molecule has 16 heteroatoms. The number of nitrogens with one attached hydrogen (secondary N) is 3. The number of ether oxygens (including phenoxy) is 2. The number of anilines is 2. The van der Waals surface area contributed by atoms with Gasteiger partial charge >= 0.3 is 0 Å². The Bertz CT molecular complexity index is 2820. The topological polar surface area (TPSA) is 172 Å². The molecule has 2 aromatic heterocycles. The van der Waals surface area contributed by atoms with Gasteiger partial charge in [-0.15, -0.1) is 0 Å². The minimum Gasteiger partial charge on any atom is -0.489 e. The molecule has 354 valence electrons. The summed E-state index contributed by atoms with van der Waals surface area (Å²) in [5.41, 5.74) is 3.92. The number of H-pyrrole nitrogens is 1. The van der Waals surface area contributed by atoms with E-state index in [0.29, 0.717) is 29.0 Å². The molecule has 1 amide bonds. The number of rotatable bonds is 11. The normalized spacial score (nSPS) is 22.0. The molecule has 3 aliphatic heterocycles. The first kappa shape index (κ1) is 45.1. The molecular formula is C51H60FN7O7S. The Morgan fingerprint density at radius 1 is 0.985 bits per heavy atom. The summed E-state index contributed by atoms with van der Waals surface area (Å²) in [6, 6.07) is 19.9. The second kappa shape index (κ2) is 17.4. The number of amides is 1. The van der Waals surface area contributed by atoms with Crippen LogP contribution < -0.4 is 24.4 Å². The first-order valence-electron chi connectivity index (χ1n) is 23.9. The number of aromatic amines is 1. The zero-order valence-corrected chi connectivity index (χ0v) is 39.5. The highest BCUT2D eigenvalue weighted by Gasteiger charge is 2.50. The predicted octanol–water partition coefficient (Wildman–Crippen LogP) is 10.6. The Morgan fingerprint density at radius 3 is 2.49 bits per heavy atom. The predicted molar refractivity (Wildman–Crippen MR) is 255 cm³/mol. The van der Waals surface area contributed by atoms with Crippen LogP contribution >= 0.6 is 0 Å². The van der Waals surface area contributed by atoms with Gasteiger partial charge in [0, 0.05) is 60.6 Å². The van der Waals surface area contributed by atoms with Crippen LogP contribution in [0.4, 0.5) is 21.5 Å². The summed E-state index contributed by atoms with van der Waals surface area (Å²) in [4.78, 5) is 37.2. The van der Waals surface area contributed by atoms with Crippen LogP contribution in [-0.2, 0) is 10.0 Å². The quantitative estimate of drug-likeness (QED) is 0.0654. The summed E-state index contributed by atoms with van der Waals surface area (Å²) in [5, 5.41) is 16.3. The first-order chi connectivity index (χ1) is 32.1. The van der Waals surface area contributed by atoms with Crippen LogP contribution in [-0.4, -0.2) is 72.4 Å². The molecule has 5 aliphatic rings. The van der Waals surface area contributed by atoms with Gasteiger partial charge in [0.05, 0.1) is 21.4 Å². The van der Waals surface area contributed by atoms with E-state index in [1.54, 1.807) is 24.4 Å². The molecular weight excluding hydrogens is 874 g/mol. The number of nitro benzene ring substituents is 1. The van der Waals surface area contributed by atoms with Crippen LogP contribution in [0.5, 0.6) is 17.2 Å². The number of likely N-dealkylation sites (tertiary alicyclic amines) is 1. The van der Waals surface area contributed by atoms with Crippen LogP contribution in [0.2, 0.25) is 0 Å². The number of hydrogen-bond donors (Lipinski definition) is 3. The van der Waals surface area contributed by atoms with E-state index in [1.807, 2.05) is 0 Å². The highest BCUT2D eigenvalue weighted by molar-refractivity contribution is 7.90. The maximum absolute atomic E-state index is 15.5. The molecule has 14 nitrogen and oxygen atoms in total. The van der Waals surface area contributed by atoms with E-state index in [0.717, 1.165) is 82.8 Å². The molecule has 3 N–H and O–H groups in total. The van der Waals surface area contributed by atoms with Crippen molar-refractivity contribution in [3.8, 4) is 17.2 Å². The van der Waals surface area contributed by atoms with Crippen molar-refractivity contribution in [3.63, 3.8) is 0 Å². The number of aromatic nitrogens is 2. The van der Waals surface area contributed by atoms with Gasteiger partial charge < -0.3 is 24.7 Å². The van der Waals surface area contributed by atoms with Crippen molar-refractivity contribution in [1.82, 2.24) is 19.6 Å². The minimum absolute atomic E-state index is 0.0132. The third-order valence-electron chi connectivity index (χ3n) is 15.6. The molecule has 0 unspecified atom stereocenters. The first-order valence-corrected chi connectivity index (χ1v) is 25.4. The Morgan fingerprint density at radius 2 is 1.75 bits per heavy atom. The number of fused-ring (bicyclic) bond motifs is 2. The third-order valence-corrected chi connectivity index (χ3v) is 17.0. The highest BCUT2D eigenvalue weighted by atomic mass is 32.2. The molecule has 0 bridgehead atoms. The van der Waals surface area contributed by atoms with E-state index in [2.05, 4.69) is 81.8 Å². The Balaban J connectivity index is 0.866. The van der Waals surface area contributed by atoms with Gasteiger partial charge in [-0.1, -0.05) is 52.0 Å². The smallest absolute Gasteiger partial charge is 0.297 e. The van der Waals surface area contributed by atoms with Gasteiger partial charge in [-0.3, -0.25) is 19.8 Å². The lowest BCUT2D eigenvalue weighted by atomic mass is 9.59. The van der Waals surface area contributed by atoms with Gasteiger partial charge in [0.2, 0.25) is 0 Å². The summed E-state index contributed by atoms with van der Waals surface area (Å²) < 4.78 is 57.7. The number of carbonyl (C=O) groups is 1. The van der Waals surface area contributed by atoms with Crippen molar-refractivity contribution < 1.29 is 32.0 Å². The maximum atomic E-state index is 15.5. The summed E-state index contributed by atoms with van der Waals surface area (Å²) in [7, 11) is -4.71. The van der Waals surface area contributed by atoms with Crippen molar-refractivity contribution in [3.05, 3.63) is 106 Å². The average Bonchev–Trinajstić information content (AvgIpc) is 3.97. The Labute approximate surface area is 391 Å². The van der Waals surface area contributed by atoms with Crippen molar-refractivity contribution in [2.24, 2.45) is 16.7 Å². The van der Waals surface area contributed by atoms with Gasteiger partial charge in [0.25, 0.3) is 27.6 Å². The lowest BCUT2D eigenvalue weighted by Gasteiger charge is -2.56. The number of nitro groups is 1. The van der Waals surface area contributed by atoms with Crippen LogP contribution in [0.1, 0.15) is 125 Å². The van der Waals surface area contributed by atoms with Gasteiger partial charge in [-0.25, -0.2) is 13.1 Å². The van der Waals surface area contributed by atoms with Crippen LogP contribution in [0.25, 0.3) is 11.0 Å². The highest BCUT2D eigenvalue weighted by Crippen LogP contribution is 2.54. The van der Waals surface area contributed by atoms with Gasteiger partial charge in [0.1, 0.15) is 18.0 Å². The fraction of sp³-hybridized carbons (Fsp3) is 0.490. The number of carbonyl (C=O) groups excluding carboxylic acids is 1. The number of benzene rings is 3. The molecule has 2 atom stereocenters. The third kappa shape index (κ3) is 8.82. The molecule has 2 saturated heterocycles. The maximum Gasteiger partial charge on any atom is 0.297 e. The van der Waals surface area contributed by atoms with Crippen molar-refractivity contribution in [1.29, 1.82) is 0 Å². The van der Waals surface area contributed by atoms with E-state index in [1.165, 1.54) is 42.2 Å². The minimum atomic E-state index is -4.71. The Kier molecular flexibility index (Phi) is 11.7. The zero-order valence-electron chi connectivity index (χ0n) is 38.6. The second-order valence-electron chi connectivity index (χ2n) is 20.8. The van der Waals surface area contributed by atoms with E-state index in [9.17, 15) is 23.3 Å². The molecule has 0 radical (unpaired) electrons. The largest absolute Gasteiger partial charge is 0.489 e. The summed E-state index contributed by atoms with van der Waals surface area (Å²) >= 11 is 0. The summed E-state index contributed by atoms with van der Waals surface area (Å²) in [5.74, 6) is -1.58. The lowest BCUT2D eigenvalue weighted by Crippen LogP contribution is -2.54. The average molecular weight is 934 g/mol. The van der Waals surface area contributed by atoms with E-state index >= 15 is 4.39 Å². The molecule has 67 heavy (non-hydrogen) atoms. The van der Waals surface area contributed by atoms with Gasteiger partial charge in [0.15, 0.2) is 17.2 Å². The number of nitrogens with zero attached hydrogens (tertiary/aromatic N) is 4. The van der Waals surface area contributed by atoms with E-state index < -0.39 is 37.4 Å². The van der Waals surface area contributed by atoms with Crippen LogP contribution in [0.15, 0.2) is 77.8 Å². The molecule has 1 spiro atoms. The van der Waals surface area contributed by atoms with E-state index in [-0.39, 0.29) is 57.9 Å². The number of sulfonamides is 1. The van der Waals surface area contributed by atoms with E-state index in [4.69, 9.17) is 9.47 Å². The number of piperidine rings is 1. The fourth-order valence-corrected chi connectivity index (χ4v) is 12.7. The molecule has 4 fully saturated rings. The lowest BCUT2D eigenvalue weighted by molar-refractivity contribution is -0.384. The molecule has 2 saturated carbocycles. The van der Waals surface area contributed by atoms with Crippen molar-refractivity contribution in [2.75, 3.05) is 36.5 Å². The number of pyridine rings is 1. The van der Waals surface area contributed by atoms with Gasteiger partial charge in [-0.05, 0) is 129 Å². The molecule has 5 aromatic rings. The van der Waals surface area contributed by atoms with Gasteiger partial charge in [-0.2, -0.15) is 9.37 Å². The zero-order chi connectivity index (χ0) is 46.8. The summed E-state index contributed by atoms with van der Waals surface area (Å²) in [6.45, 7) is 11.9. The molecule has 2 aliphatic carbocycles. The molecule has 5 heterocycles. The molecule has 10 rings (SSSR count). The van der Waals surface area contributed by atoms with Crippen LogP contribution in [0, 0.1) is 32.8 Å². The molecule has 3 aromatic carbocycles. The fourth-order valence-electron chi connectivity index (χ4n) is 11.7. The van der Waals surface area contributed by atoms with Crippen molar-refractivity contribution >= 4 is 44.0 Å². The number of hydrogen-bond acceptors (Lipinski definition) is 11. The van der Waals surface area contributed by atoms with Crippen LogP contribution in [0.3, 0.4) is 0 Å². The Hall–Kier alpha value is -5.74. The number of halogens is 1. The van der Waals surface area contributed by atoms with Crippen molar-refractivity contribution in [2.45, 2.75) is 121 Å². The standard InChI is InChI=1S/C51H60FN7O7S/c1-31(2)37-8-5-6-9-38(37)41-10-7-21-58(41)35-28-51(29-35)18-22-57(23-19-51)34-11-12-39(43(25-34)66-45-24-33-15-20-53-48(33)55-47(45)52)49(60)56-67(63,64)36-26-42(59(61)62)46-44(27-36)65-30-40(54-46)32-13-16-50(3,4)17-14-32/h5-6,8-9,11-12,15,20,24-27,31-32,35,40-41,54H,7,10,13-14,16-19,21-23,28-30H2,1-4H3,(H,53,55)(H,56,60)/t40-,41-/m1/s1. The summed E-state index contributed by atoms with van der Waals surface area (Å²) in [6.07, 6.45) is 12.3. The SMILES string of the molecule is CC(C)c1ccccc1[C@H]1CCCN1C1CC2(CCN(c3ccc(C(=O)NS(=O)(=O)c4cc5c(c([N+](=O)[O-])c4)N[C@@H](C4CCC(C)(C)CC4)CO5)c(Oc4cc5cc[nH]c5nc4F)c3)CC2)C1.